The smallest absolute Gasteiger partial charge is 0.254 e. The molecule has 2 heterocycles. The molecule has 0 fully saturated rings. The first-order chi connectivity index (χ1) is 7.83. The third-order valence-corrected chi connectivity index (χ3v) is 3.79. The molecule has 1 aliphatic rings. The summed E-state index contributed by atoms with van der Waals surface area (Å²) < 4.78 is 0. The summed E-state index contributed by atoms with van der Waals surface area (Å²) in [4.78, 5) is 20.4. The van der Waals surface area contributed by atoms with E-state index in [2.05, 4.69) is 16.0 Å². The predicted octanol–water partition coefficient (Wildman–Crippen LogP) is 1.91. The van der Waals surface area contributed by atoms with E-state index in [1.807, 2.05) is 11.4 Å². The minimum Gasteiger partial charge on any atom is -0.310 e. The van der Waals surface area contributed by atoms with E-state index in [1.165, 1.54) is 4.88 Å². The maximum Gasteiger partial charge on any atom is 0.254 e. The number of hydrogen-bond donors (Lipinski definition) is 1. The van der Waals surface area contributed by atoms with Crippen LogP contribution in [0.1, 0.15) is 28.4 Å². The van der Waals surface area contributed by atoms with Gasteiger partial charge in [-0.15, -0.1) is 11.3 Å². The molecule has 3 rings (SSSR count). The summed E-state index contributed by atoms with van der Waals surface area (Å²) in [6.07, 6.45) is 3.64. The Kier molecular flexibility index (Phi) is 2.36. The molecule has 3 nitrogen and oxygen atoms in total. The Morgan fingerprint density at radius 2 is 2.38 bits per heavy atom. The molecule has 0 aromatic carbocycles. The van der Waals surface area contributed by atoms with Crippen LogP contribution in [0.15, 0.2) is 22.3 Å². The molecule has 0 saturated heterocycles. The van der Waals surface area contributed by atoms with E-state index in [0.717, 1.165) is 42.8 Å². The van der Waals surface area contributed by atoms with Crippen molar-refractivity contribution in [3.8, 4) is 0 Å². The van der Waals surface area contributed by atoms with Crippen molar-refractivity contribution in [3.63, 3.8) is 0 Å². The van der Waals surface area contributed by atoms with Crippen LogP contribution < -0.4 is 5.56 Å². The Balaban J connectivity index is 1.97. The molecule has 4 heteroatoms. The largest absolute Gasteiger partial charge is 0.310 e. The molecular formula is C12H12N2OS. The van der Waals surface area contributed by atoms with Crippen LogP contribution in [0.4, 0.5) is 0 Å². The standard InChI is InChI=1S/C12H12N2OS/c15-12-9-4-1-5-10(9)13-11(14-12)7-8-3-2-6-16-8/h2-3,6H,1,4-5,7H2,(H,13,14,15). The third kappa shape index (κ3) is 1.69. The fraction of sp³-hybridized carbons (Fsp3) is 0.333. The number of rotatable bonds is 2. The topological polar surface area (TPSA) is 45.8 Å². The summed E-state index contributed by atoms with van der Waals surface area (Å²) in [5.74, 6) is 0.799. The number of aromatic amines is 1. The molecule has 82 valence electrons. The van der Waals surface area contributed by atoms with Gasteiger partial charge in [0, 0.05) is 16.9 Å². The lowest BCUT2D eigenvalue weighted by atomic mass is 10.2. The molecule has 2 aromatic heterocycles. The zero-order valence-corrected chi connectivity index (χ0v) is 9.64. The van der Waals surface area contributed by atoms with Crippen molar-refractivity contribution >= 4 is 11.3 Å². The maximum atomic E-state index is 11.8. The van der Waals surface area contributed by atoms with Gasteiger partial charge in [-0.2, -0.15) is 0 Å². The molecule has 0 saturated carbocycles. The molecule has 0 spiro atoms. The zero-order chi connectivity index (χ0) is 11.0. The van der Waals surface area contributed by atoms with Gasteiger partial charge in [0.15, 0.2) is 0 Å². The van der Waals surface area contributed by atoms with Gasteiger partial charge in [0.2, 0.25) is 0 Å². The Hall–Kier alpha value is -1.42. The fourth-order valence-electron chi connectivity index (χ4n) is 2.16. The minimum absolute atomic E-state index is 0.0639. The first kappa shape index (κ1) is 9.78. The first-order valence-electron chi connectivity index (χ1n) is 5.46. The lowest BCUT2D eigenvalue weighted by Crippen LogP contribution is -2.17. The monoisotopic (exact) mass is 232 g/mol. The molecule has 16 heavy (non-hydrogen) atoms. The van der Waals surface area contributed by atoms with E-state index in [1.54, 1.807) is 11.3 Å². The Labute approximate surface area is 97.2 Å². The minimum atomic E-state index is 0.0639. The van der Waals surface area contributed by atoms with E-state index in [0.29, 0.717) is 0 Å². The number of hydrogen-bond acceptors (Lipinski definition) is 3. The van der Waals surface area contributed by atoms with Crippen LogP contribution in [0.3, 0.4) is 0 Å². The Bertz CT molecular complexity index is 557. The average molecular weight is 232 g/mol. The Morgan fingerprint density at radius 1 is 1.44 bits per heavy atom. The zero-order valence-electron chi connectivity index (χ0n) is 8.82. The van der Waals surface area contributed by atoms with Gasteiger partial charge in [0.05, 0.1) is 5.69 Å². The number of nitrogens with one attached hydrogen (secondary N) is 1. The van der Waals surface area contributed by atoms with E-state index in [4.69, 9.17) is 0 Å². The van der Waals surface area contributed by atoms with Gasteiger partial charge in [0.25, 0.3) is 5.56 Å². The van der Waals surface area contributed by atoms with Crippen molar-refractivity contribution in [3.05, 3.63) is 49.8 Å². The van der Waals surface area contributed by atoms with Crippen molar-refractivity contribution < 1.29 is 0 Å². The third-order valence-electron chi connectivity index (χ3n) is 2.91. The number of nitrogens with zero attached hydrogens (tertiary/aromatic N) is 1. The van der Waals surface area contributed by atoms with Gasteiger partial charge in [-0.05, 0) is 30.7 Å². The van der Waals surface area contributed by atoms with E-state index in [-0.39, 0.29) is 5.56 Å². The van der Waals surface area contributed by atoms with Crippen molar-refractivity contribution in [1.29, 1.82) is 0 Å². The normalized spacial score (nSPS) is 14.0. The summed E-state index contributed by atoms with van der Waals surface area (Å²) in [6, 6.07) is 4.09. The highest BCUT2D eigenvalue weighted by atomic mass is 32.1. The van der Waals surface area contributed by atoms with E-state index >= 15 is 0 Å². The second-order valence-corrected chi connectivity index (χ2v) is 5.08. The number of aromatic nitrogens is 2. The highest BCUT2D eigenvalue weighted by Crippen LogP contribution is 2.17. The molecule has 1 N–H and O–H groups in total. The molecule has 0 bridgehead atoms. The van der Waals surface area contributed by atoms with Gasteiger partial charge in [-0.25, -0.2) is 4.98 Å². The van der Waals surface area contributed by atoms with Gasteiger partial charge in [0.1, 0.15) is 5.82 Å². The lowest BCUT2D eigenvalue weighted by Gasteiger charge is -2.02. The van der Waals surface area contributed by atoms with Crippen LogP contribution in [0.2, 0.25) is 0 Å². The maximum absolute atomic E-state index is 11.8. The van der Waals surface area contributed by atoms with Crippen molar-refractivity contribution in [2.45, 2.75) is 25.7 Å². The summed E-state index contributed by atoms with van der Waals surface area (Å²) in [6.45, 7) is 0. The summed E-state index contributed by atoms with van der Waals surface area (Å²) >= 11 is 1.69. The Morgan fingerprint density at radius 3 is 3.19 bits per heavy atom. The van der Waals surface area contributed by atoms with Crippen LogP contribution in [0.5, 0.6) is 0 Å². The number of aryl methyl sites for hydroxylation is 1. The van der Waals surface area contributed by atoms with Gasteiger partial charge in [-0.1, -0.05) is 6.07 Å². The molecule has 0 radical (unpaired) electrons. The number of H-pyrrole nitrogens is 1. The molecule has 0 aliphatic heterocycles. The second-order valence-electron chi connectivity index (χ2n) is 4.05. The van der Waals surface area contributed by atoms with Crippen molar-refractivity contribution in [2.24, 2.45) is 0 Å². The predicted molar refractivity (Wildman–Crippen MR) is 64.0 cm³/mol. The van der Waals surface area contributed by atoms with Crippen LogP contribution in [0.25, 0.3) is 0 Å². The molecule has 0 unspecified atom stereocenters. The SMILES string of the molecule is O=c1[nH]c(Cc2cccs2)nc2c1CCC2. The molecule has 0 amide bonds. The van der Waals surface area contributed by atoms with E-state index in [9.17, 15) is 4.79 Å². The van der Waals surface area contributed by atoms with Crippen LogP contribution >= 0.6 is 11.3 Å². The van der Waals surface area contributed by atoms with Crippen LogP contribution in [-0.4, -0.2) is 9.97 Å². The number of thiophene rings is 1. The second kappa shape index (κ2) is 3.87. The fourth-order valence-corrected chi connectivity index (χ4v) is 2.86. The molecule has 0 atom stereocenters. The van der Waals surface area contributed by atoms with Gasteiger partial charge in [-0.3, -0.25) is 4.79 Å². The lowest BCUT2D eigenvalue weighted by molar-refractivity contribution is 0.886. The van der Waals surface area contributed by atoms with Crippen molar-refractivity contribution in [1.82, 2.24) is 9.97 Å². The molecule has 2 aromatic rings. The molecular weight excluding hydrogens is 220 g/mol. The highest BCUT2D eigenvalue weighted by molar-refractivity contribution is 7.09. The van der Waals surface area contributed by atoms with E-state index < -0.39 is 0 Å². The average Bonchev–Trinajstić information content (AvgIpc) is 2.87. The quantitative estimate of drug-likeness (QED) is 0.859. The van der Waals surface area contributed by atoms with Crippen LogP contribution in [-0.2, 0) is 19.3 Å². The first-order valence-corrected chi connectivity index (χ1v) is 6.34. The van der Waals surface area contributed by atoms with Crippen LogP contribution in [0, 0.1) is 0 Å². The van der Waals surface area contributed by atoms with Gasteiger partial charge < -0.3 is 4.98 Å². The van der Waals surface area contributed by atoms with Gasteiger partial charge >= 0.3 is 0 Å². The summed E-state index contributed by atoms with van der Waals surface area (Å²) in [5.41, 5.74) is 1.97. The van der Waals surface area contributed by atoms with Crippen molar-refractivity contribution in [2.75, 3.05) is 0 Å². The highest BCUT2D eigenvalue weighted by Gasteiger charge is 2.16. The number of fused-ring (bicyclic) bond motifs is 1. The summed E-state index contributed by atoms with van der Waals surface area (Å²) in [5, 5.41) is 2.04. The molecule has 1 aliphatic carbocycles. The summed E-state index contributed by atoms with van der Waals surface area (Å²) in [7, 11) is 0.